The largest absolute Gasteiger partial charge is 0.387 e. The first-order valence-electron chi connectivity index (χ1n) is 6.91. The summed E-state index contributed by atoms with van der Waals surface area (Å²) in [5.41, 5.74) is 2.38. The summed E-state index contributed by atoms with van der Waals surface area (Å²) < 4.78 is 1.93. The molecule has 0 fully saturated rings. The van der Waals surface area contributed by atoms with E-state index in [0.29, 0.717) is 28.8 Å². The molecule has 6 heteroatoms. The summed E-state index contributed by atoms with van der Waals surface area (Å²) in [6.45, 7) is 0.881. The van der Waals surface area contributed by atoms with Gasteiger partial charge < -0.3 is 14.8 Å². The summed E-state index contributed by atoms with van der Waals surface area (Å²) in [5, 5.41) is 14.4. The van der Waals surface area contributed by atoms with Gasteiger partial charge in [-0.15, -0.1) is 0 Å². The highest BCUT2D eigenvalue weighted by Crippen LogP contribution is 2.22. The van der Waals surface area contributed by atoms with Crippen molar-refractivity contribution in [3.05, 3.63) is 70.1 Å². The van der Waals surface area contributed by atoms with Gasteiger partial charge in [0.2, 0.25) is 0 Å². The van der Waals surface area contributed by atoms with Gasteiger partial charge in [-0.25, -0.2) is 4.98 Å². The van der Waals surface area contributed by atoms with Crippen LogP contribution in [-0.4, -0.2) is 21.0 Å². The fourth-order valence-electron chi connectivity index (χ4n) is 2.36. The van der Waals surface area contributed by atoms with E-state index in [1.54, 1.807) is 6.07 Å². The van der Waals surface area contributed by atoms with Crippen LogP contribution in [0.5, 0.6) is 0 Å². The average Bonchev–Trinajstić information content (AvgIpc) is 2.83. The van der Waals surface area contributed by atoms with Crippen molar-refractivity contribution in [2.24, 2.45) is 0 Å². The summed E-state index contributed by atoms with van der Waals surface area (Å²) in [6.07, 6.45) is 1.24. The van der Waals surface area contributed by atoms with Crippen LogP contribution in [0.2, 0.25) is 10.2 Å². The zero-order chi connectivity index (χ0) is 15.5. The van der Waals surface area contributed by atoms with Gasteiger partial charge >= 0.3 is 0 Å². The third-order valence-corrected chi connectivity index (χ3v) is 4.12. The van der Waals surface area contributed by atoms with Gasteiger partial charge in [-0.3, -0.25) is 0 Å². The molecule has 22 heavy (non-hydrogen) atoms. The molecule has 1 unspecified atom stereocenters. The van der Waals surface area contributed by atoms with Crippen molar-refractivity contribution in [3.63, 3.8) is 0 Å². The second kappa shape index (κ2) is 6.67. The number of hydrogen-bond donors (Lipinski definition) is 2. The van der Waals surface area contributed by atoms with E-state index in [2.05, 4.69) is 10.3 Å². The Balaban J connectivity index is 1.68. The molecule has 0 aliphatic heterocycles. The Hall–Kier alpha value is -1.59. The number of imidazole rings is 1. The van der Waals surface area contributed by atoms with Crippen LogP contribution in [0, 0.1) is 0 Å². The number of rotatable bonds is 5. The molecule has 0 radical (unpaired) electrons. The summed E-state index contributed by atoms with van der Waals surface area (Å²) >= 11 is 12.2. The maximum Gasteiger partial charge on any atom is 0.152 e. The molecule has 3 rings (SSSR count). The normalized spacial score (nSPS) is 12.7. The third kappa shape index (κ3) is 3.10. The lowest BCUT2D eigenvalue weighted by atomic mass is 10.1. The van der Waals surface area contributed by atoms with Crippen molar-refractivity contribution in [2.75, 3.05) is 6.54 Å². The molecule has 4 nitrogen and oxygen atoms in total. The highest BCUT2D eigenvalue weighted by atomic mass is 35.5. The number of nitrogens with zero attached hydrogens (tertiary/aromatic N) is 2. The minimum absolute atomic E-state index is 0.375. The predicted octanol–water partition coefficient (Wildman–Crippen LogP) is 3.46. The fraction of sp³-hybridized carbons (Fsp3) is 0.188. The van der Waals surface area contributed by atoms with E-state index in [4.69, 9.17) is 23.2 Å². The zero-order valence-corrected chi connectivity index (χ0v) is 13.2. The number of hydrogen-bond acceptors (Lipinski definition) is 3. The molecule has 0 saturated carbocycles. The number of aliphatic hydroxyl groups excluding tert-OH is 1. The number of aromatic nitrogens is 2. The molecule has 0 spiro atoms. The smallest absolute Gasteiger partial charge is 0.152 e. The number of fused-ring (bicyclic) bond motifs is 1. The van der Waals surface area contributed by atoms with Crippen LogP contribution in [0.25, 0.3) is 5.65 Å². The highest BCUT2D eigenvalue weighted by molar-refractivity contribution is 6.31. The van der Waals surface area contributed by atoms with Gasteiger partial charge in [0, 0.05) is 29.9 Å². The average molecular weight is 336 g/mol. The molecule has 0 aliphatic rings. The standard InChI is InChI=1S/C16H15Cl2N3O/c17-12-6-2-1-5-11(12)14(22)10-19-9-13-16(18)20-15-7-3-4-8-21(13)15/h1-8,14,19,22H,9-10H2. The first-order chi connectivity index (χ1) is 10.7. The van der Waals surface area contributed by atoms with E-state index in [9.17, 15) is 5.11 Å². The van der Waals surface area contributed by atoms with E-state index in [1.165, 1.54) is 0 Å². The van der Waals surface area contributed by atoms with Gasteiger partial charge in [-0.1, -0.05) is 47.5 Å². The van der Waals surface area contributed by atoms with Crippen LogP contribution in [0.4, 0.5) is 0 Å². The number of pyridine rings is 1. The minimum atomic E-state index is -0.674. The van der Waals surface area contributed by atoms with E-state index in [-0.39, 0.29) is 0 Å². The summed E-state index contributed by atoms with van der Waals surface area (Å²) in [4.78, 5) is 4.29. The number of benzene rings is 1. The molecule has 0 amide bonds. The third-order valence-electron chi connectivity index (χ3n) is 3.47. The van der Waals surface area contributed by atoms with Gasteiger partial charge in [-0.2, -0.15) is 0 Å². The second-order valence-corrected chi connectivity index (χ2v) is 5.71. The molecular formula is C16H15Cl2N3O. The van der Waals surface area contributed by atoms with E-state index in [0.717, 1.165) is 11.3 Å². The molecule has 114 valence electrons. The summed E-state index contributed by atoms with van der Waals surface area (Å²) in [6, 6.07) is 13.0. The van der Waals surface area contributed by atoms with E-state index in [1.807, 2.05) is 47.0 Å². The fourth-order valence-corrected chi connectivity index (χ4v) is 2.86. The molecule has 1 aromatic carbocycles. The van der Waals surface area contributed by atoms with Crippen molar-refractivity contribution in [1.29, 1.82) is 0 Å². The number of nitrogens with one attached hydrogen (secondary N) is 1. The van der Waals surface area contributed by atoms with Crippen LogP contribution in [-0.2, 0) is 6.54 Å². The predicted molar refractivity (Wildman–Crippen MR) is 88.3 cm³/mol. The van der Waals surface area contributed by atoms with Crippen LogP contribution in [0.3, 0.4) is 0 Å². The van der Waals surface area contributed by atoms with Crippen molar-refractivity contribution >= 4 is 28.8 Å². The first kappa shape index (κ1) is 15.3. The molecule has 0 bridgehead atoms. The lowest BCUT2D eigenvalue weighted by molar-refractivity contribution is 0.174. The SMILES string of the molecule is OC(CNCc1c(Cl)nc2ccccn12)c1ccccc1Cl. The van der Waals surface area contributed by atoms with Gasteiger partial charge in [0.1, 0.15) is 5.65 Å². The van der Waals surface area contributed by atoms with E-state index >= 15 is 0 Å². The lowest BCUT2D eigenvalue weighted by Crippen LogP contribution is -2.22. The van der Waals surface area contributed by atoms with Crippen molar-refractivity contribution < 1.29 is 5.11 Å². The van der Waals surface area contributed by atoms with Gasteiger partial charge in [0.15, 0.2) is 5.15 Å². The quantitative estimate of drug-likeness (QED) is 0.750. The molecule has 0 aliphatic carbocycles. The Labute approximate surface area is 138 Å². The van der Waals surface area contributed by atoms with E-state index < -0.39 is 6.10 Å². The van der Waals surface area contributed by atoms with Crippen LogP contribution in [0.15, 0.2) is 48.7 Å². The highest BCUT2D eigenvalue weighted by Gasteiger charge is 2.13. The van der Waals surface area contributed by atoms with Crippen LogP contribution in [0.1, 0.15) is 17.4 Å². The van der Waals surface area contributed by atoms with Gasteiger partial charge in [0.05, 0.1) is 11.8 Å². The van der Waals surface area contributed by atoms with Crippen LogP contribution < -0.4 is 5.32 Å². The van der Waals surface area contributed by atoms with Crippen molar-refractivity contribution in [1.82, 2.24) is 14.7 Å². The number of aliphatic hydroxyl groups is 1. The molecular weight excluding hydrogens is 321 g/mol. The van der Waals surface area contributed by atoms with Gasteiger partial charge in [0.25, 0.3) is 0 Å². The maximum absolute atomic E-state index is 10.2. The number of halogens is 2. The van der Waals surface area contributed by atoms with Crippen molar-refractivity contribution in [3.8, 4) is 0 Å². The van der Waals surface area contributed by atoms with Crippen LogP contribution >= 0.6 is 23.2 Å². The Morgan fingerprint density at radius 1 is 1.14 bits per heavy atom. The van der Waals surface area contributed by atoms with Crippen molar-refractivity contribution in [2.45, 2.75) is 12.6 Å². The molecule has 2 heterocycles. The summed E-state index contributed by atoms with van der Waals surface area (Å²) in [7, 11) is 0. The Bertz CT molecular complexity index is 788. The first-order valence-corrected chi connectivity index (χ1v) is 7.67. The molecule has 0 saturated heterocycles. The molecule has 2 N–H and O–H groups in total. The zero-order valence-electron chi connectivity index (χ0n) is 11.7. The summed E-state index contributed by atoms with van der Waals surface area (Å²) in [5.74, 6) is 0. The topological polar surface area (TPSA) is 49.6 Å². The Kier molecular flexibility index (Phi) is 4.64. The minimum Gasteiger partial charge on any atom is -0.387 e. The second-order valence-electron chi connectivity index (χ2n) is 4.95. The molecule has 1 atom stereocenters. The van der Waals surface area contributed by atoms with Gasteiger partial charge in [-0.05, 0) is 18.2 Å². The Morgan fingerprint density at radius 2 is 1.91 bits per heavy atom. The molecule has 2 aromatic heterocycles. The molecule has 3 aromatic rings. The lowest BCUT2D eigenvalue weighted by Gasteiger charge is -2.13. The monoisotopic (exact) mass is 335 g/mol. The maximum atomic E-state index is 10.2. The Morgan fingerprint density at radius 3 is 2.73 bits per heavy atom.